The van der Waals surface area contributed by atoms with Crippen LogP contribution in [-0.4, -0.2) is 11.0 Å². The van der Waals surface area contributed by atoms with E-state index in [-0.39, 0.29) is 17.8 Å². The standard InChI is InChI=1S/C22H23NO4/c1-3-5-8-15(4-2)21(24)26-17-13-11-16(12-14-17)20-23-19-10-7-6-9-18(19)22(25)27-20/h6-7,9-15H,3-5,8H2,1-2H3. The number of carbonyl (C=O) groups is 1. The van der Waals surface area contributed by atoms with Gasteiger partial charge >= 0.3 is 11.6 Å². The first-order chi connectivity index (χ1) is 13.1. The van der Waals surface area contributed by atoms with Gasteiger partial charge in [0.2, 0.25) is 5.89 Å². The van der Waals surface area contributed by atoms with Gasteiger partial charge in [0.05, 0.1) is 16.8 Å². The molecule has 5 nitrogen and oxygen atoms in total. The zero-order valence-corrected chi connectivity index (χ0v) is 15.6. The van der Waals surface area contributed by atoms with E-state index in [4.69, 9.17) is 9.15 Å². The molecule has 0 saturated heterocycles. The maximum atomic E-state index is 12.3. The van der Waals surface area contributed by atoms with Crippen molar-refractivity contribution in [3.8, 4) is 17.2 Å². The Hall–Kier alpha value is -2.95. The van der Waals surface area contributed by atoms with Crippen LogP contribution in [0.4, 0.5) is 0 Å². The van der Waals surface area contributed by atoms with Crippen molar-refractivity contribution in [3.63, 3.8) is 0 Å². The number of hydrogen-bond acceptors (Lipinski definition) is 5. The summed E-state index contributed by atoms with van der Waals surface area (Å²) in [5.74, 6) is 0.437. The van der Waals surface area contributed by atoms with E-state index in [1.54, 1.807) is 42.5 Å². The summed E-state index contributed by atoms with van der Waals surface area (Å²) in [5.41, 5.74) is 0.810. The first-order valence-corrected chi connectivity index (χ1v) is 9.34. The average Bonchev–Trinajstić information content (AvgIpc) is 2.69. The number of aromatic nitrogens is 1. The summed E-state index contributed by atoms with van der Waals surface area (Å²) in [5, 5.41) is 0.449. The molecule has 3 aromatic rings. The Morgan fingerprint density at radius 3 is 2.56 bits per heavy atom. The maximum absolute atomic E-state index is 12.3. The fourth-order valence-corrected chi connectivity index (χ4v) is 2.95. The highest BCUT2D eigenvalue weighted by Gasteiger charge is 2.18. The van der Waals surface area contributed by atoms with Crippen LogP contribution in [0.5, 0.6) is 5.75 Å². The van der Waals surface area contributed by atoms with E-state index in [9.17, 15) is 9.59 Å². The summed E-state index contributed by atoms with van der Waals surface area (Å²) >= 11 is 0. The minimum Gasteiger partial charge on any atom is -0.426 e. The number of benzene rings is 2. The van der Waals surface area contributed by atoms with Crippen LogP contribution in [0.3, 0.4) is 0 Å². The molecule has 1 aromatic heterocycles. The van der Waals surface area contributed by atoms with Crippen LogP contribution >= 0.6 is 0 Å². The molecule has 2 aromatic carbocycles. The van der Waals surface area contributed by atoms with Crippen molar-refractivity contribution in [2.24, 2.45) is 5.92 Å². The van der Waals surface area contributed by atoms with Crippen LogP contribution in [0.25, 0.3) is 22.4 Å². The number of ether oxygens (including phenoxy) is 1. The lowest BCUT2D eigenvalue weighted by molar-refractivity contribution is -0.139. The van der Waals surface area contributed by atoms with Crippen molar-refractivity contribution in [3.05, 3.63) is 59.0 Å². The van der Waals surface area contributed by atoms with E-state index >= 15 is 0 Å². The van der Waals surface area contributed by atoms with Gasteiger partial charge in [0, 0.05) is 5.56 Å². The van der Waals surface area contributed by atoms with Crippen molar-refractivity contribution < 1.29 is 13.9 Å². The van der Waals surface area contributed by atoms with Gasteiger partial charge in [0.1, 0.15) is 5.75 Å². The Labute approximate surface area is 158 Å². The minimum atomic E-state index is -0.423. The van der Waals surface area contributed by atoms with Gasteiger partial charge in [-0.2, -0.15) is 0 Å². The predicted octanol–water partition coefficient (Wildman–Crippen LogP) is 4.98. The summed E-state index contributed by atoms with van der Waals surface area (Å²) in [4.78, 5) is 28.8. The molecule has 27 heavy (non-hydrogen) atoms. The molecule has 0 spiro atoms. The Morgan fingerprint density at radius 2 is 1.85 bits per heavy atom. The SMILES string of the molecule is CCCCC(CC)C(=O)Oc1ccc(-c2nc3ccccc3c(=O)o2)cc1. The van der Waals surface area contributed by atoms with Crippen LogP contribution in [-0.2, 0) is 4.79 Å². The molecule has 0 saturated carbocycles. The quantitative estimate of drug-likeness (QED) is 0.436. The second kappa shape index (κ2) is 8.62. The van der Waals surface area contributed by atoms with Gasteiger partial charge in [0.25, 0.3) is 0 Å². The molecule has 0 N–H and O–H groups in total. The number of esters is 1. The first-order valence-electron chi connectivity index (χ1n) is 9.34. The van der Waals surface area contributed by atoms with Gasteiger partial charge in [-0.1, -0.05) is 38.8 Å². The highest BCUT2D eigenvalue weighted by atomic mass is 16.5. The molecule has 1 atom stereocenters. The lowest BCUT2D eigenvalue weighted by Gasteiger charge is -2.13. The van der Waals surface area contributed by atoms with Gasteiger partial charge in [-0.3, -0.25) is 4.79 Å². The highest BCUT2D eigenvalue weighted by molar-refractivity contribution is 5.78. The molecule has 1 unspecified atom stereocenters. The van der Waals surface area contributed by atoms with Crippen molar-refractivity contribution in [1.29, 1.82) is 0 Å². The number of nitrogens with zero attached hydrogens (tertiary/aromatic N) is 1. The number of para-hydroxylation sites is 1. The smallest absolute Gasteiger partial charge is 0.347 e. The van der Waals surface area contributed by atoms with Crippen molar-refractivity contribution in [1.82, 2.24) is 4.98 Å². The number of fused-ring (bicyclic) bond motifs is 1. The Balaban J connectivity index is 1.77. The van der Waals surface area contributed by atoms with E-state index in [1.165, 1.54) is 0 Å². The molecule has 3 rings (SSSR count). The fourth-order valence-electron chi connectivity index (χ4n) is 2.95. The number of unbranched alkanes of at least 4 members (excludes halogenated alkanes) is 1. The third-order valence-corrected chi connectivity index (χ3v) is 4.59. The first kappa shape index (κ1) is 18.8. The van der Waals surface area contributed by atoms with Crippen LogP contribution in [0.15, 0.2) is 57.7 Å². The molecule has 1 heterocycles. The number of rotatable bonds is 7. The second-order valence-electron chi connectivity index (χ2n) is 6.52. The van der Waals surface area contributed by atoms with Crippen molar-refractivity contribution >= 4 is 16.9 Å². The van der Waals surface area contributed by atoms with Crippen LogP contribution in [0, 0.1) is 5.92 Å². The Morgan fingerprint density at radius 1 is 1.11 bits per heavy atom. The van der Waals surface area contributed by atoms with Gasteiger partial charge in [-0.05, 0) is 49.2 Å². The van der Waals surface area contributed by atoms with Crippen molar-refractivity contribution in [2.45, 2.75) is 39.5 Å². The largest absolute Gasteiger partial charge is 0.426 e. The molecule has 0 aliphatic heterocycles. The van der Waals surface area contributed by atoms with E-state index < -0.39 is 5.63 Å². The summed E-state index contributed by atoms with van der Waals surface area (Å²) in [6.45, 7) is 4.11. The molecule has 0 fully saturated rings. The van der Waals surface area contributed by atoms with E-state index in [1.807, 2.05) is 13.0 Å². The Kier molecular flexibility index (Phi) is 6.01. The van der Waals surface area contributed by atoms with E-state index in [0.29, 0.717) is 22.2 Å². The fraction of sp³-hybridized carbons (Fsp3) is 0.318. The molecule has 0 radical (unpaired) electrons. The summed E-state index contributed by atoms with van der Waals surface area (Å²) in [6, 6.07) is 13.9. The number of hydrogen-bond donors (Lipinski definition) is 0. The molecule has 0 amide bonds. The number of carbonyl (C=O) groups excluding carboxylic acids is 1. The van der Waals surface area contributed by atoms with Crippen LogP contribution < -0.4 is 10.4 Å². The topological polar surface area (TPSA) is 69.4 Å². The van der Waals surface area contributed by atoms with E-state index in [2.05, 4.69) is 11.9 Å². The van der Waals surface area contributed by atoms with Gasteiger partial charge in [-0.15, -0.1) is 0 Å². The molecule has 0 aliphatic carbocycles. The zero-order valence-electron chi connectivity index (χ0n) is 15.6. The predicted molar refractivity (Wildman–Crippen MR) is 105 cm³/mol. The monoisotopic (exact) mass is 365 g/mol. The molecule has 140 valence electrons. The van der Waals surface area contributed by atoms with Crippen LogP contribution in [0.1, 0.15) is 39.5 Å². The van der Waals surface area contributed by atoms with Gasteiger partial charge in [0.15, 0.2) is 0 Å². The molecular formula is C22H23NO4. The lowest BCUT2D eigenvalue weighted by Crippen LogP contribution is -2.19. The maximum Gasteiger partial charge on any atom is 0.347 e. The summed E-state index contributed by atoms with van der Waals surface area (Å²) < 4.78 is 10.8. The normalized spacial score (nSPS) is 12.1. The third-order valence-electron chi connectivity index (χ3n) is 4.59. The van der Waals surface area contributed by atoms with Gasteiger partial charge in [-0.25, -0.2) is 9.78 Å². The molecule has 0 bridgehead atoms. The Bertz CT molecular complexity index is 976. The van der Waals surface area contributed by atoms with Gasteiger partial charge < -0.3 is 9.15 Å². The summed E-state index contributed by atoms with van der Waals surface area (Å²) in [6.07, 6.45) is 3.68. The zero-order chi connectivity index (χ0) is 19.2. The van der Waals surface area contributed by atoms with E-state index in [0.717, 1.165) is 25.7 Å². The second-order valence-corrected chi connectivity index (χ2v) is 6.52. The lowest BCUT2D eigenvalue weighted by atomic mass is 10.00. The highest BCUT2D eigenvalue weighted by Crippen LogP contribution is 2.23. The van der Waals surface area contributed by atoms with Crippen molar-refractivity contribution in [2.75, 3.05) is 0 Å². The van der Waals surface area contributed by atoms with Crippen LogP contribution in [0.2, 0.25) is 0 Å². The molecular weight excluding hydrogens is 342 g/mol. The molecule has 0 aliphatic rings. The summed E-state index contributed by atoms with van der Waals surface area (Å²) in [7, 11) is 0. The average molecular weight is 365 g/mol. The third kappa shape index (κ3) is 4.42. The minimum absolute atomic E-state index is 0.0789. The molecule has 5 heteroatoms.